The summed E-state index contributed by atoms with van der Waals surface area (Å²) in [5.74, 6) is 0.287. The van der Waals surface area contributed by atoms with Gasteiger partial charge >= 0.3 is 0 Å². The van der Waals surface area contributed by atoms with Crippen molar-refractivity contribution in [1.29, 1.82) is 0 Å². The number of hydrogen-bond acceptors (Lipinski definition) is 7. The van der Waals surface area contributed by atoms with Crippen LogP contribution in [0.25, 0.3) is 0 Å². The molecule has 1 aromatic heterocycles. The lowest BCUT2D eigenvalue weighted by Crippen LogP contribution is -2.54. The first kappa shape index (κ1) is 31.3. The van der Waals surface area contributed by atoms with Crippen LogP contribution in [0.5, 0.6) is 5.75 Å². The summed E-state index contributed by atoms with van der Waals surface area (Å²) >= 11 is 6.78. The van der Waals surface area contributed by atoms with Crippen LogP contribution in [-0.2, 0) is 45.8 Å². The standard InChI is InChI=1S/C31H43ClN6O5/c1-19-14-27(39)37(15-19)16-24-28-20(11-13-38(24)29(40)21-8-6-7-12-31(21,2)30(41)33-3)22(32)9-10-26(28)43-17-23-25(18-42-5)36(4)35-34-23/h9-10,19,21,24H,6-8,11-18H2,1-5H3,(H,33,41)/t19-,21+,24-,31+/m1/s1. The van der Waals surface area contributed by atoms with Crippen LogP contribution in [0, 0.1) is 17.3 Å². The molecule has 234 valence electrons. The summed E-state index contributed by atoms with van der Waals surface area (Å²) in [5, 5.41) is 11.8. The van der Waals surface area contributed by atoms with Crippen molar-refractivity contribution in [2.24, 2.45) is 24.3 Å². The van der Waals surface area contributed by atoms with Crippen molar-refractivity contribution in [3.8, 4) is 5.75 Å². The van der Waals surface area contributed by atoms with Gasteiger partial charge in [0, 0.05) is 57.8 Å². The Hall–Kier alpha value is -3.18. The van der Waals surface area contributed by atoms with E-state index in [2.05, 4.69) is 22.6 Å². The molecule has 0 spiro atoms. The van der Waals surface area contributed by atoms with Crippen molar-refractivity contribution < 1.29 is 23.9 Å². The molecular weight excluding hydrogens is 572 g/mol. The third-order valence-corrected chi connectivity index (χ3v) is 9.93. The molecule has 2 aliphatic heterocycles. The molecular formula is C31H43ClN6O5. The molecule has 3 heterocycles. The lowest BCUT2D eigenvalue weighted by Gasteiger charge is -2.46. The molecule has 1 saturated carbocycles. The number of aryl methyl sites for hydroxylation is 1. The second-order valence-corrected chi connectivity index (χ2v) is 12.9. The van der Waals surface area contributed by atoms with E-state index in [1.807, 2.05) is 28.9 Å². The number of nitrogens with one attached hydrogen (secondary N) is 1. The Bertz CT molecular complexity index is 1380. The summed E-state index contributed by atoms with van der Waals surface area (Å²) in [5.41, 5.74) is 2.39. The van der Waals surface area contributed by atoms with Gasteiger partial charge in [0.2, 0.25) is 17.7 Å². The first-order valence-electron chi connectivity index (χ1n) is 15.2. The summed E-state index contributed by atoms with van der Waals surface area (Å²) < 4.78 is 13.4. The molecule has 0 unspecified atom stereocenters. The molecule has 1 aliphatic carbocycles. The fraction of sp³-hybridized carbons (Fsp3) is 0.645. The molecule has 4 atom stereocenters. The minimum absolute atomic E-state index is 0.0524. The number of ether oxygens (including phenoxy) is 2. The Kier molecular flexibility index (Phi) is 9.31. The highest BCUT2D eigenvalue weighted by atomic mass is 35.5. The fourth-order valence-electron chi connectivity index (χ4n) is 7.19. The van der Waals surface area contributed by atoms with Crippen molar-refractivity contribution in [1.82, 2.24) is 30.1 Å². The van der Waals surface area contributed by atoms with E-state index < -0.39 is 17.4 Å². The summed E-state index contributed by atoms with van der Waals surface area (Å²) in [6.45, 7) is 5.88. The quantitative estimate of drug-likeness (QED) is 0.460. The van der Waals surface area contributed by atoms with Gasteiger partial charge in [-0.25, -0.2) is 4.68 Å². The van der Waals surface area contributed by atoms with Gasteiger partial charge in [-0.1, -0.05) is 36.6 Å². The molecule has 2 fully saturated rings. The zero-order valence-corrected chi connectivity index (χ0v) is 26.6. The minimum atomic E-state index is -0.801. The average Bonchev–Trinajstić information content (AvgIpc) is 3.51. The summed E-state index contributed by atoms with van der Waals surface area (Å²) in [7, 11) is 5.05. The molecule has 3 amide bonds. The predicted molar refractivity (Wildman–Crippen MR) is 160 cm³/mol. The van der Waals surface area contributed by atoms with E-state index in [0.717, 1.165) is 29.7 Å². The Morgan fingerprint density at radius 3 is 2.72 bits per heavy atom. The molecule has 0 radical (unpaired) electrons. The lowest BCUT2D eigenvalue weighted by atomic mass is 9.66. The van der Waals surface area contributed by atoms with Crippen molar-refractivity contribution in [3.63, 3.8) is 0 Å². The first-order valence-corrected chi connectivity index (χ1v) is 15.6. The molecule has 5 rings (SSSR count). The van der Waals surface area contributed by atoms with Crippen LogP contribution >= 0.6 is 11.6 Å². The molecule has 0 bridgehead atoms. The molecule has 3 aliphatic rings. The van der Waals surface area contributed by atoms with Crippen LogP contribution < -0.4 is 10.1 Å². The van der Waals surface area contributed by atoms with Gasteiger partial charge in [0.25, 0.3) is 0 Å². The van der Waals surface area contributed by atoms with Crippen LogP contribution in [0.15, 0.2) is 12.1 Å². The molecule has 12 heteroatoms. The highest BCUT2D eigenvalue weighted by Gasteiger charge is 2.49. The zero-order valence-electron chi connectivity index (χ0n) is 25.8. The Balaban J connectivity index is 1.53. The second-order valence-electron chi connectivity index (χ2n) is 12.5. The van der Waals surface area contributed by atoms with E-state index >= 15 is 0 Å². The monoisotopic (exact) mass is 614 g/mol. The highest BCUT2D eigenvalue weighted by Crippen LogP contribution is 2.46. The van der Waals surface area contributed by atoms with Crippen LogP contribution in [0.2, 0.25) is 5.02 Å². The normalized spacial score (nSPS) is 25.5. The number of carbonyl (C=O) groups excluding carboxylic acids is 3. The zero-order chi connectivity index (χ0) is 30.9. The number of amides is 3. The van der Waals surface area contributed by atoms with E-state index in [9.17, 15) is 14.4 Å². The van der Waals surface area contributed by atoms with E-state index in [0.29, 0.717) is 68.4 Å². The van der Waals surface area contributed by atoms with Crippen molar-refractivity contribution >= 4 is 29.3 Å². The molecule has 1 N–H and O–H groups in total. The molecule has 1 aromatic carbocycles. The number of hydrogen-bond donors (Lipinski definition) is 1. The topological polar surface area (TPSA) is 119 Å². The van der Waals surface area contributed by atoms with Gasteiger partial charge in [0.15, 0.2) is 0 Å². The number of aromatic nitrogens is 3. The van der Waals surface area contributed by atoms with Crippen molar-refractivity contribution in [3.05, 3.63) is 39.7 Å². The number of halogens is 1. The summed E-state index contributed by atoms with van der Waals surface area (Å²) in [6.07, 6.45) is 4.12. The summed E-state index contributed by atoms with van der Waals surface area (Å²) in [6, 6.07) is 3.18. The van der Waals surface area contributed by atoms with Gasteiger partial charge in [0.05, 0.1) is 29.7 Å². The molecule has 2 aromatic rings. The van der Waals surface area contributed by atoms with Gasteiger partial charge in [-0.3, -0.25) is 14.4 Å². The van der Waals surface area contributed by atoms with Gasteiger partial charge < -0.3 is 24.6 Å². The van der Waals surface area contributed by atoms with Gasteiger partial charge in [-0.05, 0) is 49.8 Å². The number of benzene rings is 1. The number of carbonyl (C=O) groups is 3. The molecule has 1 saturated heterocycles. The smallest absolute Gasteiger partial charge is 0.227 e. The van der Waals surface area contributed by atoms with Crippen LogP contribution in [0.4, 0.5) is 0 Å². The van der Waals surface area contributed by atoms with Crippen LogP contribution in [0.3, 0.4) is 0 Å². The van der Waals surface area contributed by atoms with Crippen LogP contribution in [-0.4, -0.2) is 76.3 Å². The van der Waals surface area contributed by atoms with Gasteiger partial charge in [0.1, 0.15) is 18.1 Å². The number of nitrogens with zero attached hydrogens (tertiary/aromatic N) is 5. The largest absolute Gasteiger partial charge is 0.487 e. The maximum absolute atomic E-state index is 14.6. The maximum Gasteiger partial charge on any atom is 0.227 e. The molecule has 43 heavy (non-hydrogen) atoms. The fourth-order valence-corrected chi connectivity index (χ4v) is 7.45. The van der Waals surface area contributed by atoms with Gasteiger partial charge in [-0.15, -0.1) is 5.10 Å². The van der Waals surface area contributed by atoms with Gasteiger partial charge in [-0.2, -0.15) is 0 Å². The summed E-state index contributed by atoms with van der Waals surface area (Å²) in [4.78, 5) is 44.5. The number of methoxy groups -OCH3 is 1. The van der Waals surface area contributed by atoms with Crippen molar-refractivity contribution in [2.45, 2.75) is 71.6 Å². The van der Waals surface area contributed by atoms with Crippen LogP contribution in [0.1, 0.15) is 74.5 Å². The Labute approximate surface area is 258 Å². The van der Waals surface area contributed by atoms with E-state index in [4.69, 9.17) is 21.1 Å². The number of rotatable bonds is 9. The number of fused-ring (bicyclic) bond motifs is 1. The lowest BCUT2D eigenvalue weighted by molar-refractivity contribution is -0.153. The van der Waals surface area contributed by atoms with E-state index in [-0.39, 0.29) is 30.2 Å². The third-order valence-electron chi connectivity index (χ3n) is 9.58. The third kappa shape index (κ3) is 5.98. The highest BCUT2D eigenvalue weighted by molar-refractivity contribution is 6.31. The van der Waals surface area contributed by atoms with E-state index in [1.165, 1.54) is 0 Å². The first-order chi connectivity index (χ1) is 20.6. The molecule has 11 nitrogen and oxygen atoms in total. The predicted octanol–water partition coefficient (Wildman–Crippen LogP) is 3.43. The second kappa shape index (κ2) is 12.8. The Morgan fingerprint density at radius 1 is 1.23 bits per heavy atom. The number of likely N-dealkylation sites (tertiary alicyclic amines) is 1. The minimum Gasteiger partial charge on any atom is -0.487 e. The maximum atomic E-state index is 14.6. The average molecular weight is 615 g/mol. The Morgan fingerprint density at radius 2 is 2.02 bits per heavy atom. The SMILES string of the molecule is CNC(=O)[C@@]1(C)CCCC[C@H]1C(=O)N1CCc2c(Cl)ccc(OCc3nnn(C)c3COC)c2[C@H]1CN1C[C@H](C)CC1=O. The van der Waals surface area contributed by atoms with E-state index in [1.54, 1.807) is 25.9 Å². The van der Waals surface area contributed by atoms with Crippen molar-refractivity contribution in [2.75, 3.05) is 33.8 Å².